The first-order valence-electron chi connectivity index (χ1n) is 5.87. The molecule has 0 saturated carbocycles. The normalized spacial score (nSPS) is 14.3. The maximum Gasteiger partial charge on any atom is 0.258 e. The molecule has 0 spiro atoms. The Kier molecular flexibility index (Phi) is 2.22. The largest absolute Gasteiger partial charge is 0.311 e. The number of nitriles is 1. The van der Waals surface area contributed by atoms with Gasteiger partial charge in [-0.2, -0.15) is 5.26 Å². The molecule has 0 N–H and O–H groups in total. The van der Waals surface area contributed by atoms with E-state index in [1.165, 1.54) is 0 Å². The Morgan fingerprint density at radius 3 is 2.71 bits per heavy atom. The van der Waals surface area contributed by atoms with Crippen LogP contribution >= 0.6 is 0 Å². The minimum Gasteiger partial charge on any atom is -0.311 e. The van der Waals surface area contributed by atoms with Crippen molar-refractivity contribution in [1.29, 1.82) is 5.26 Å². The van der Waals surface area contributed by atoms with E-state index in [0.29, 0.717) is 10.9 Å². The Labute approximate surface area is 98.9 Å². The fraction of sp³-hybridized carbons (Fsp3) is 0.286. The summed E-state index contributed by atoms with van der Waals surface area (Å²) in [5.41, 5.74) is 1.65. The topological polar surface area (TPSA) is 45.8 Å². The van der Waals surface area contributed by atoms with Crippen LogP contribution in [0, 0.1) is 11.3 Å². The molecule has 0 radical (unpaired) electrons. The van der Waals surface area contributed by atoms with Crippen LogP contribution in [-0.2, 0) is 13.0 Å². The van der Waals surface area contributed by atoms with Gasteiger partial charge in [0, 0.05) is 23.0 Å². The van der Waals surface area contributed by atoms with Gasteiger partial charge >= 0.3 is 0 Å². The minimum absolute atomic E-state index is 0.0503. The third kappa shape index (κ3) is 1.38. The zero-order valence-corrected chi connectivity index (χ0v) is 9.44. The van der Waals surface area contributed by atoms with E-state index >= 15 is 0 Å². The van der Waals surface area contributed by atoms with Gasteiger partial charge in [-0.05, 0) is 25.3 Å². The molecule has 3 rings (SSSR count). The standard InChI is InChI=1S/C14H12N2O/c15-9-12-10-5-1-2-6-11(10)14(17)16-8-4-3-7-13(12)16/h1-2,5-6H,3-4,7-8H2. The second kappa shape index (κ2) is 3.74. The van der Waals surface area contributed by atoms with Gasteiger partial charge in [0.2, 0.25) is 0 Å². The minimum atomic E-state index is 0.0503. The van der Waals surface area contributed by atoms with Crippen LogP contribution in [0.5, 0.6) is 0 Å². The smallest absolute Gasteiger partial charge is 0.258 e. The van der Waals surface area contributed by atoms with Crippen LogP contribution in [0.2, 0.25) is 0 Å². The summed E-state index contributed by atoms with van der Waals surface area (Å²) in [5.74, 6) is 0. The molecule has 2 aromatic rings. The summed E-state index contributed by atoms with van der Waals surface area (Å²) >= 11 is 0. The predicted octanol–water partition coefficient (Wildman–Crippen LogP) is 2.21. The van der Waals surface area contributed by atoms with Crippen LogP contribution in [0.4, 0.5) is 0 Å². The molecule has 0 unspecified atom stereocenters. The van der Waals surface area contributed by atoms with E-state index in [4.69, 9.17) is 0 Å². The predicted molar refractivity (Wildman–Crippen MR) is 65.9 cm³/mol. The second-order valence-corrected chi connectivity index (χ2v) is 4.39. The Morgan fingerprint density at radius 2 is 1.94 bits per heavy atom. The molecular formula is C14H12N2O. The van der Waals surface area contributed by atoms with Gasteiger partial charge in [0.25, 0.3) is 5.56 Å². The quantitative estimate of drug-likeness (QED) is 0.688. The first-order valence-corrected chi connectivity index (χ1v) is 5.87. The average Bonchev–Trinajstić information content (AvgIpc) is 2.40. The Hall–Kier alpha value is -2.08. The first-order chi connectivity index (χ1) is 8.33. The zero-order valence-electron chi connectivity index (χ0n) is 9.44. The van der Waals surface area contributed by atoms with Gasteiger partial charge in [-0.15, -0.1) is 0 Å². The summed E-state index contributed by atoms with van der Waals surface area (Å²) in [5, 5.41) is 10.8. The van der Waals surface area contributed by atoms with Gasteiger partial charge in [-0.25, -0.2) is 0 Å². The highest BCUT2D eigenvalue weighted by atomic mass is 16.1. The van der Waals surface area contributed by atoms with Crippen LogP contribution < -0.4 is 5.56 Å². The van der Waals surface area contributed by atoms with Gasteiger partial charge in [-0.1, -0.05) is 18.2 Å². The Morgan fingerprint density at radius 1 is 1.18 bits per heavy atom. The van der Waals surface area contributed by atoms with Gasteiger partial charge in [0.15, 0.2) is 0 Å². The van der Waals surface area contributed by atoms with Crippen LogP contribution in [0.3, 0.4) is 0 Å². The molecule has 0 fully saturated rings. The van der Waals surface area contributed by atoms with Crippen molar-refractivity contribution in [2.45, 2.75) is 25.8 Å². The highest BCUT2D eigenvalue weighted by Crippen LogP contribution is 2.23. The maximum absolute atomic E-state index is 12.3. The van der Waals surface area contributed by atoms with Gasteiger partial charge in [0.05, 0.1) is 5.56 Å². The van der Waals surface area contributed by atoms with Gasteiger partial charge < -0.3 is 4.57 Å². The molecule has 2 heterocycles. The van der Waals surface area contributed by atoms with Crippen molar-refractivity contribution in [2.24, 2.45) is 0 Å². The van der Waals surface area contributed by atoms with Crippen LogP contribution in [-0.4, -0.2) is 4.57 Å². The molecule has 84 valence electrons. The lowest BCUT2D eigenvalue weighted by Crippen LogP contribution is -2.28. The summed E-state index contributed by atoms with van der Waals surface area (Å²) in [4.78, 5) is 12.3. The van der Waals surface area contributed by atoms with E-state index in [1.807, 2.05) is 18.2 Å². The molecule has 1 aromatic carbocycles. The highest BCUT2D eigenvalue weighted by Gasteiger charge is 2.18. The lowest BCUT2D eigenvalue weighted by Gasteiger charge is -2.20. The van der Waals surface area contributed by atoms with E-state index in [1.54, 1.807) is 10.6 Å². The number of pyridine rings is 1. The molecule has 1 aliphatic heterocycles. The molecule has 0 aliphatic carbocycles. The van der Waals surface area contributed by atoms with Crippen molar-refractivity contribution in [3.8, 4) is 6.07 Å². The number of fused-ring (bicyclic) bond motifs is 2. The SMILES string of the molecule is N#Cc1c2n(c(=O)c3ccccc13)CCCC2. The number of benzene rings is 1. The molecule has 0 bridgehead atoms. The van der Waals surface area contributed by atoms with Crippen LogP contribution in [0.1, 0.15) is 24.1 Å². The molecule has 1 aromatic heterocycles. The lowest BCUT2D eigenvalue weighted by molar-refractivity contribution is 0.515. The Balaban J connectivity index is 2.53. The Bertz CT molecular complexity index is 692. The van der Waals surface area contributed by atoms with E-state index in [2.05, 4.69) is 6.07 Å². The van der Waals surface area contributed by atoms with Gasteiger partial charge in [-0.3, -0.25) is 4.79 Å². The number of hydrogen-bond donors (Lipinski definition) is 0. The van der Waals surface area contributed by atoms with E-state index in [9.17, 15) is 10.1 Å². The second-order valence-electron chi connectivity index (χ2n) is 4.39. The van der Waals surface area contributed by atoms with E-state index < -0.39 is 0 Å². The summed E-state index contributed by atoms with van der Waals surface area (Å²) < 4.78 is 1.78. The summed E-state index contributed by atoms with van der Waals surface area (Å²) in [6, 6.07) is 9.66. The van der Waals surface area contributed by atoms with Crippen molar-refractivity contribution in [3.05, 3.63) is 45.9 Å². The first kappa shape index (κ1) is 10.1. The molecular weight excluding hydrogens is 212 g/mol. The number of hydrogen-bond acceptors (Lipinski definition) is 2. The monoisotopic (exact) mass is 224 g/mol. The van der Waals surface area contributed by atoms with Crippen LogP contribution in [0.15, 0.2) is 29.1 Å². The number of rotatable bonds is 0. The van der Waals surface area contributed by atoms with Crippen LogP contribution in [0.25, 0.3) is 10.8 Å². The third-order valence-electron chi connectivity index (χ3n) is 3.44. The van der Waals surface area contributed by atoms with Gasteiger partial charge in [0.1, 0.15) is 6.07 Å². The van der Waals surface area contributed by atoms with Crippen molar-refractivity contribution >= 4 is 10.8 Å². The molecule has 3 heteroatoms. The molecule has 0 saturated heterocycles. The van der Waals surface area contributed by atoms with Crippen molar-refractivity contribution in [2.75, 3.05) is 0 Å². The van der Waals surface area contributed by atoms with Crippen molar-refractivity contribution in [1.82, 2.24) is 4.57 Å². The molecule has 0 atom stereocenters. The fourth-order valence-corrected chi connectivity index (χ4v) is 2.63. The van der Waals surface area contributed by atoms with E-state index in [-0.39, 0.29) is 5.56 Å². The summed E-state index contributed by atoms with van der Waals surface area (Å²) in [7, 11) is 0. The summed E-state index contributed by atoms with van der Waals surface area (Å²) in [6.07, 6.45) is 2.92. The fourth-order valence-electron chi connectivity index (χ4n) is 2.63. The molecule has 3 nitrogen and oxygen atoms in total. The maximum atomic E-state index is 12.3. The highest BCUT2D eigenvalue weighted by molar-refractivity contribution is 5.87. The van der Waals surface area contributed by atoms with E-state index in [0.717, 1.165) is 36.9 Å². The van der Waals surface area contributed by atoms with Crippen molar-refractivity contribution in [3.63, 3.8) is 0 Å². The lowest BCUT2D eigenvalue weighted by atomic mass is 9.98. The average molecular weight is 224 g/mol. The molecule has 0 amide bonds. The zero-order chi connectivity index (χ0) is 11.8. The molecule has 1 aliphatic rings. The number of aromatic nitrogens is 1. The summed E-state index contributed by atoms with van der Waals surface area (Å²) in [6.45, 7) is 0.744. The third-order valence-corrected chi connectivity index (χ3v) is 3.44. The number of nitrogens with zero attached hydrogens (tertiary/aromatic N) is 2. The molecule has 17 heavy (non-hydrogen) atoms. The van der Waals surface area contributed by atoms with Crippen molar-refractivity contribution < 1.29 is 0 Å².